The van der Waals surface area contributed by atoms with Gasteiger partial charge in [-0.1, -0.05) is 0 Å². The molecule has 0 aliphatic carbocycles. The molecule has 0 heterocycles. The molecule has 102 valence electrons. The third kappa shape index (κ3) is 3.29. The maximum atomic E-state index is 12.5. The normalized spacial score (nSPS) is 11.9. The van der Waals surface area contributed by atoms with Crippen molar-refractivity contribution in [2.75, 3.05) is 23.8 Å². The second-order valence-corrected chi connectivity index (χ2v) is 4.28. The molecule has 0 spiro atoms. The number of nitrogens with two attached hydrogens (primary N) is 1. The molecule has 0 bridgehead atoms. The molecule has 0 radical (unpaired) electrons. The summed E-state index contributed by atoms with van der Waals surface area (Å²) in [6.45, 7) is 4.01. The largest absolute Gasteiger partial charge is 0.416 e. The van der Waals surface area contributed by atoms with Crippen LogP contribution in [-0.4, -0.2) is 24.3 Å². The fraction of sp³-hybridized carbons (Fsp3) is 0.500. The standard InChI is InChI=1S/C12H17F3N2O/c1-8(2)17(5-6-18)11-4-3-9(7-10(11)16)12(13,14)15/h3-4,7-8,18H,5-6,16H2,1-2H3. The molecule has 0 aromatic heterocycles. The van der Waals surface area contributed by atoms with E-state index in [9.17, 15) is 13.2 Å². The van der Waals surface area contributed by atoms with Crippen molar-refractivity contribution in [3.63, 3.8) is 0 Å². The number of nitrogens with zero attached hydrogens (tertiary/aromatic N) is 1. The van der Waals surface area contributed by atoms with Crippen LogP contribution in [0.4, 0.5) is 24.5 Å². The molecule has 0 unspecified atom stereocenters. The Morgan fingerprint density at radius 1 is 1.33 bits per heavy atom. The van der Waals surface area contributed by atoms with Gasteiger partial charge in [0.15, 0.2) is 0 Å². The van der Waals surface area contributed by atoms with E-state index in [0.29, 0.717) is 12.2 Å². The van der Waals surface area contributed by atoms with E-state index in [1.54, 1.807) is 4.90 Å². The zero-order chi connectivity index (χ0) is 13.9. The average Bonchev–Trinajstić information content (AvgIpc) is 2.24. The predicted molar refractivity (Wildman–Crippen MR) is 65.4 cm³/mol. The Kier molecular flexibility index (Phi) is 4.45. The number of hydrogen-bond donors (Lipinski definition) is 2. The Hall–Kier alpha value is -1.43. The van der Waals surface area contributed by atoms with Crippen molar-refractivity contribution >= 4 is 11.4 Å². The zero-order valence-electron chi connectivity index (χ0n) is 10.3. The molecule has 18 heavy (non-hydrogen) atoms. The Morgan fingerprint density at radius 3 is 2.33 bits per heavy atom. The van der Waals surface area contributed by atoms with Crippen molar-refractivity contribution < 1.29 is 18.3 Å². The third-order valence-corrected chi connectivity index (χ3v) is 2.63. The van der Waals surface area contributed by atoms with Crippen LogP contribution in [0.5, 0.6) is 0 Å². The van der Waals surface area contributed by atoms with E-state index in [0.717, 1.165) is 12.1 Å². The maximum Gasteiger partial charge on any atom is 0.416 e. The highest BCUT2D eigenvalue weighted by atomic mass is 19.4. The van der Waals surface area contributed by atoms with Crippen molar-refractivity contribution in [1.29, 1.82) is 0 Å². The Morgan fingerprint density at radius 2 is 1.94 bits per heavy atom. The number of halogens is 3. The van der Waals surface area contributed by atoms with Crippen molar-refractivity contribution in [3.8, 4) is 0 Å². The molecule has 6 heteroatoms. The second-order valence-electron chi connectivity index (χ2n) is 4.28. The van der Waals surface area contributed by atoms with Crippen LogP contribution in [0, 0.1) is 0 Å². The van der Waals surface area contributed by atoms with Gasteiger partial charge in [-0.2, -0.15) is 13.2 Å². The molecule has 0 saturated carbocycles. The van der Waals surface area contributed by atoms with Crippen molar-refractivity contribution in [2.24, 2.45) is 0 Å². The summed E-state index contributed by atoms with van der Waals surface area (Å²) in [7, 11) is 0. The highest BCUT2D eigenvalue weighted by molar-refractivity contribution is 5.69. The monoisotopic (exact) mass is 262 g/mol. The zero-order valence-corrected chi connectivity index (χ0v) is 10.3. The molecule has 0 aliphatic rings. The summed E-state index contributed by atoms with van der Waals surface area (Å²) in [5.74, 6) is 0. The van der Waals surface area contributed by atoms with Crippen LogP contribution in [0.2, 0.25) is 0 Å². The van der Waals surface area contributed by atoms with Crippen LogP contribution < -0.4 is 10.6 Å². The first-order valence-corrected chi connectivity index (χ1v) is 5.61. The van der Waals surface area contributed by atoms with Crippen LogP contribution in [0.25, 0.3) is 0 Å². The summed E-state index contributed by atoms with van der Waals surface area (Å²) in [4.78, 5) is 1.76. The molecule has 1 aromatic carbocycles. The van der Waals surface area contributed by atoms with Gasteiger partial charge in [-0.25, -0.2) is 0 Å². The summed E-state index contributed by atoms with van der Waals surface area (Å²) in [6.07, 6.45) is -4.40. The van der Waals surface area contributed by atoms with E-state index in [1.165, 1.54) is 6.07 Å². The number of aliphatic hydroxyl groups is 1. The molecule has 3 N–H and O–H groups in total. The van der Waals surface area contributed by atoms with Gasteiger partial charge in [0, 0.05) is 12.6 Å². The van der Waals surface area contributed by atoms with E-state index in [1.807, 2.05) is 13.8 Å². The van der Waals surface area contributed by atoms with Crippen LogP contribution >= 0.6 is 0 Å². The lowest BCUT2D eigenvalue weighted by atomic mass is 10.1. The first-order chi connectivity index (χ1) is 8.27. The summed E-state index contributed by atoms with van der Waals surface area (Å²) in [5.41, 5.74) is 5.47. The maximum absolute atomic E-state index is 12.5. The summed E-state index contributed by atoms with van der Waals surface area (Å²) < 4.78 is 37.5. The molecule has 1 aromatic rings. The molecule has 0 aliphatic heterocycles. The third-order valence-electron chi connectivity index (χ3n) is 2.63. The summed E-state index contributed by atoms with van der Waals surface area (Å²) in [5, 5.41) is 8.96. The van der Waals surface area contributed by atoms with Crippen molar-refractivity contribution in [2.45, 2.75) is 26.1 Å². The van der Waals surface area contributed by atoms with Gasteiger partial charge in [-0.05, 0) is 32.0 Å². The predicted octanol–water partition coefficient (Wildman–Crippen LogP) is 2.49. The molecular formula is C12H17F3N2O. The van der Waals surface area contributed by atoms with Gasteiger partial charge in [0.05, 0.1) is 23.5 Å². The van der Waals surface area contributed by atoms with E-state index in [4.69, 9.17) is 10.8 Å². The first-order valence-electron chi connectivity index (χ1n) is 5.61. The van der Waals surface area contributed by atoms with Gasteiger partial charge in [0.1, 0.15) is 0 Å². The quantitative estimate of drug-likeness (QED) is 0.820. The second kappa shape index (κ2) is 5.48. The first kappa shape index (κ1) is 14.6. The molecule has 0 saturated heterocycles. The number of anilines is 2. The van der Waals surface area contributed by atoms with Crippen LogP contribution in [0.1, 0.15) is 19.4 Å². The average molecular weight is 262 g/mol. The van der Waals surface area contributed by atoms with Gasteiger partial charge < -0.3 is 15.7 Å². The molecule has 1 rings (SSSR count). The van der Waals surface area contributed by atoms with E-state index in [2.05, 4.69) is 0 Å². The number of nitrogen functional groups attached to an aromatic ring is 1. The number of alkyl halides is 3. The smallest absolute Gasteiger partial charge is 0.397 e. The van der Waals surface area contributed by atoms with Crippen LogP contribution in [0.15, 0.2) is 18.2 Å². The van der Waals surface area contributed by atoms with Gasteiger partial charge in [-0.15, -0.1) is 0 Å². The van der Waals surface area contributed by atoms with Gasteiger partial charge in [0.25, 0.3) is 0 Å². The lowest BCUT2D eigenvalue weighted by molar-refractivity contribution is -0.137. The lowest BCUT2D eigenvalue weighted by Crippen LogP contribution is -2.34. The minimum Gasteiger partial charge on any atom is -0.397 e. The summed E-state index contributed by atoms with van der Waals surface area (Å²) >= 11 is 0. The number of rotatable bonds is 4. The SMILES string of the molecule is CC(C)N(CCO)c1ccc(C(F)(F)F)cc1N. The molecule has 3 nitrogen and oxygen atoms in total. The highest BCUT2D eigenvalue weighted by Crippen LogP contribution is 2.34. The molecular weight excluding hydrogens is 245 g/mol. The Balaban J connectivity index is 3.11. The molecule has 0 fully saturated rings. The lowest BCUT2D eigenvalue weighted by Gasteiger charge is -2.29. The molecule has 0 amide bonds. The number of aliphatic hydroxyl groups excluding tert-OH is 1. The van der Waals surface area contributed by atoms with E-state index in [-0.39, 0.29) is 18.3 Å². The minimum absolute atomic E-state index is 0.0381. The molecule has 0 atom stereocenters. The number of benzene rings is 1. The highest BCUT2D eigenvalue weighted by Gasteiger charge is 2.31. The number of hydrogen-bond acceptors (Lipinski definition) is 3. The Bertz CT molecular complexity index is 405. The van der Waals surface area contributed by atoms with Crippen LogP contribution in [-0.2, 0) is 6.18 Å². The minimum atomic E-state index is -4.40. The van der Waals surface area contributed by atoms with Crippen LogP contribution in [0.3, 0.4) is 0 Å². The van der Waals surface area contributed by atoms with E-state index >= 15 is 0 Å². The fourth-order valence-corrected chi connectivity index (χ4v) is 1.76. The fourth-order valence-electron chi connectivity index (χ4n) is 1.76. The Labute approximate surface area is 104 Å². The summed E-state index contributed by atoms with van der Waals surface area (Å²) in [6, 6.07) is 3.30. The van der Waals surface area contributed by atoms with Crippen molar-refractivity contribution in [3.05, 3.63) is 23.8 Å². The van der Waals surface area contributed by atoms with Crippen molar-refractivity contribution in [1.82, 2.24) is 0 Å². The van der Waals surface area contributed by atoms with Gasteiger partial charge in [-0.3, -0.25) is 0 Å². The van der Waals surface area contributed by atoms with Gasteiger partial charge in [0.2, 0.25) is 0 Å². The topological polar surface area (TPSA) is 49.5 Å². The van der Waals surface area contributed by atoms with E-state index < -0.39 is 11.7 Å². The van der Waals surface area contributed by atoms with Gasteiger partial charge >= 0.3 is 6.18 Å².